The van der Waals surface area contributed by atoms with Crippen LogP contribution in [0.5, 0.6) is 0 Å². The molecule has 0 amide bonds. The number of aromatic nitrogens is 1. The molecule has 0 bridgehead atoms. The number of aryl methyl sites for hydroxylation is 1. The zero-order valence-electron chi connectivity index (χ0n) is 10.4. The molecule has 2 rings (SSSR count). The second kappa shape index (κ2) is 5.38. The highest BCUT2D eigenvalue weighted by molar-refractivity contribution is 7.92. The van der Waals surface area contributed by atoms with E-state index in [0.717, 1.165) is 5.69 Å². The van der Waals surface area contributed by atoms with E-state index in [2.05, 4.69) is 9.71 Å². The van der Waals surface area contributed by atoms with Gasteiger partial charge in [0.05, 0.1) is 11.5 Å². The molecule has 5 nitrogen and oxygen atoms in total. The van der Waals surface area contributed by atoms with Crippen LogP contribution in [0.15, 0.2) is 47.4 Å². The van der Waals surface area contributed by atoms with Crippen molar-refractivity contribution in [2.45, 2.75) is 18.4 Å². The number of nitrogens with one attached hydrogen (secondary N) is 1. The van der Waals surface area contributed by atoms with E-state index in [-0.39, 0.29) is 17.3 Å². The molecule has 0 unspecified atom stereocenters. The number of nitrogens with zero attached hydrogens (tertiary/aromatic N) is 1. The van der Waals surface area contributed by atoms with E-state index in [1.807, 2.05) is 0 Å². The summed E-state index contributed by atoms with van der Waals surface area (Å²) in [7, 11) is -3.75. The predicted molar refractivity (Wildman–Crippen MR) is 72.1 cm³/mol. The minimum Gasteiger partial charge on any atom is -0.392 e. The topological polar surface area (TPSA) is 79.3 Å². The van der Waals surface area contributed by atoms with E-state index in [9.17, 15) is 13.5 Å². The Morgan fingerprint density at radius 3 is 2.58 bits per heavy atom. The quantitative estimate of drug-likeness (QED) is 0.892. The number of pyridine rings is 1. The molecule has 1 aromatic heterocycles. The molecule has 0 saturated heterocycles. The molecular weight excluding hydrogens is 264 g/mol. The summed E-state index contributed by atoms with van der Waals surface area (Å²) in [5, 5.41) is 9.18. The third-order valence-electron chi connectivity index (χ3n) is 2.56. The van der Waals surface area contributed by atoms with Crippen LogP contribution in [-0.4, -0.2) is 18.5 Å². The van der Waals surface area contributed by atoms with Crippen molar-refractivity contribution < 1.29 is 13.5 Å². The predicted octanol–water partition coefficient (Wildman–Crippen LogP) is 1.68. The molecule has 0 spiro atoms. The van der Waals surface area contributed by atoms with Crippen LogP contribution in [-0.2, 0) is 16.6 Å². The number of hydrogen-bond acceptors (Lipinski definition) is 4. The third-order valence-corrected chi connectivity index (χ3v) is 4.01. The van der Waals surface area contributed by atoms with Gasteiger partial charge in [0.2, 0.25) is 0 Å². The average molecular weight is 278 g/mol. The fourth-order valence-corrected chi connectivity index (χ4v) is 2.92. The van der Waals surface area contributed by atoms with E-state index in [1.165, 1.54) is 6.07 Å². The van der Waals surface area contributed by atoms with Crippen LogP contribution < -0.4 is 4.72 Å². The molecule has 6 heteroatoms. The maximum absolute atomic E-state index is 12.2. The summed E-state index contributed by atoms with van der Waals surface area (Å²) in [6.07, 6.45) is 0. The minimum absolute atomic E-state index is 0.0563. The van der Waals surface area contributed by atoms with Crippen LogP contribution in [0.1, 0.15) is 11.3 Å². The molecule has 0 aliphatic rings. The molecule has 100 valence electrons. The van der Waals surface area contributed by atoms with E-state index in [0.29, 0.717) is 5.56 Å². The molecule has 0 radical (unpaired) electrons. The van der Waals surface area contributed by atoms with Crippen LogP contribution in [0.2, 0.25) is 0 Å². The first-order chi connectivity index (χ1) is 9.03. The molecule has 19 heavy (non-hydrogen) atoms. The molecule has 0 atom stereocenters. The fourth-order valence-electron chi connectivity index (χ4n) is 1.69. The van der Waals surface area contributed by atoms with Crippen LogP contribution in [0.25, 0.3) is 0 Å². The summed E-state index contributed by atoms with van der Waals surface area (Å²) in [4.78, 5) is 4.14. The lowest BCUT2D eigenvalue weighted by molar-refractivity contribution is 0.278. The number of aliphatic hydroxyl groups excluding tert-OH is 1. The van der Waals surface area contributed by atoms with Gasteiger partial charge < -0.3 is 5.11 Å². The van der Waals surface area contributed by atoms with Gasteiger partial charge in [0.1, 0.15) is 5.82 Å². The van der Waals surface area contributed by atoms with Gasteiger partial charge in [0, 0.05) is 5.69 Å². The largest absolute Gasteiger partial charge is 0.392 e. The highest BCUT2D eigenvalue weighted by atomic mass is 32.2. The van der Waals surface area contributed by atoms with Crippen molar-refractivity contribution in [2.75, 3.05) is 4.72 Å². The van der Waals surface area contributed by atoms with Gasteiger partial charge in [0.25, 0.3) is 10.0 Å². The number of sulfonamides is 1. The second-order valence-electron chi connectivity index (χ2n) is 4.04. The monoisotopic (exact) mass is 278 g/mol. The van der Waals surface area contributed by atoms with Gasteiger partial charge in [0.15, 0.2) is 0 Å². The molecule has 0 aliphatic carbocycles. The molecule has 2 N–H and O–H groups in total. The van der Waals surface area contributed by atoms with Gasteiger partial charge in [-0.3, -0.25) is 4.72 Å². The van der Waals surface area contributed by atoms with E-state index in [4.69, 9.17) is 0 Å². The zero-order chi connectivity index (χ0) is 13.9. The Labute approximate surface area is 112 Å². The Kier molecular flexibility index (Phi) is 3.82. The number of aliphatic hydroxyl groups is 1. The molecule has 0 saturated carbocycles. The van der Waals surface area contributed by atoms with Gasteiger partial charge in [-0.2, -0.15) is 0 Å². The van der Waals surface area contributed by atoms with Crippen molar-refractivity contribution in [3.8, 4) is 0 Å². The fraction of sp³-hybridized carbons (Fsp3) is 0.154. The van der Waals surface area contributed by atoms with Crippen molar-refractivity contribution in [1.82, 2.24) is 4.98 Å². The Morgan fingerprint density at radius 1 is 1.16 bits per heavy atom. The Balaban J connectivity index is 2.38. The molecule has 2 aromatic rings. The number of anilines is 1. The lowest BCUT2D eigenvalue weighted by Crippen LogP contribution is -2.16. The summed E-state index contributed by atoms with van der Waals surface area (Å²) in [5.41, 5.74) is 1.07. The van der Waals surface area contributed by atoms with Crippen molar-refractivity contribution in [3.05, 3.63) is 53.7 Å². The van der Waals surface area contributed by atoms with E-state index >= 15 is 0 Å². The summed E-state index contributed by atoms with van der Waals surface area (Å²) in [6, 6.07) is 11.4. The lowest BCUT2D eigenvalue weighted by atomic mass is 10.2. The molecule has 0 aliphatic heterocycles. The van der Waals surface area contributed by atoms with Gasteiger partial charge in [-0.25, -0.2) is 13.4 Å². The first-order valence-electron chi connectivity index (χ1n) is 5.68. The van der Waals surface area contributed by atoms with Crippen LogP contribution >= 0.6 is 0 Å². The molecule has 1 aromatic carbocycles. The minimum atomic E-state index is -3.75. The third kappa shape index (κ3) is 3.10. The first-order valence-corrected chi connectivity index (χ1v) is 7.16. The Bertz CT molecular complexity index is 684. The lowest BCUT2D eigenvalue weighted by Gasteiger charge is -2.10. The zero-order valence-corrected chi connectivity index (χ0v) is 11.2. The summed E-state index contributed by atoms with van der Waals surface area (Å²) < 4.78 is 26.9. The van der Waals surface area contributed by atoms with Crippen molar-refractivity contribution in [2.24, 2.45) is 0 Å². The van der Waals surface area contributed by atoms with Crippen molar-refractivity contribution >= 4 is 15.8 Å². The number of rotatable bonds is 4. The SMILES string of the molecule is Cc1cccc(NS(=O)(=O)c2ccccc2CO)n1. The normalized spacial score (nSPS) is 11.3. The summed E-state index contributed by atoms with van der Waals surface area (Å²) in [6.45, 7) is 1.44. The maximum atomic E-state index is 12.2. The van der Waals surface area contributed by atoms with Crippen molar-refractivity contribution in [3.63, 3.8) is 0 Å². The standard InChI is InChI=1S/C13H14N2O3S/c1-10-5-4-8-13(14-10)15-19(17,18)12-7-3-2-6-11(12)9-16/h2-8,16H,9H2,1H3,(H,14,15). The van der Waals surface area contributed by atoms with Gasteiger partial charge in [-0.15, -0.1) is 0 Å². The second-order valence-corrected chi connectivity index (χ2v) is 5.69. The molecular formula is C13H14N2O3S. The molecule has 0 fully saturated rings. The average Bonchev–Trinajstić information content (AvgIpc) is 2.38. The van der Waals surface area contributed by atoms with Crippen LogP contribution in [0.4, 0.5) is 5.82 Å². The molecule has 1 heterocycles. The highest BCUT2D eigenvalue weighted by Gasteiger charge is 2.18. The van der Waals surface area contributed by atoms with Crippen LogP contribution in [0, 0.1) is 6.92 Å². The van der Waals surface area contributed by atoms with E-state index < -0.39 is 10.0 Å². The highest BCUT2D eigenvalue weighted by Crippen LogP contribution is 2.18. The van der Waals surface area contributed by atoms with Gasteiger partial charge >= 0.3 is 0 Å². The maximum Gasteiger partial charge on any atom is 0.263 e. The summed E-state index contributed by atoms with van der Waals surface area (Å²) >= 11 is 0. The van der Waals surface area contributed by atoms with E-state index in [1.54, 1.807) is 43.3 Å². The summed E-state index contributed by atoms with van der Waals surface area (Å²) in [5.74, 6) is 0.257. The Hall–Kier alpha value is -1.92. The van der Waals surface area contributed by atoms with Gasteiger partial charge in [-0.05, 0) is 30.7 Å². The van der Waals surface area contributed by atoms with Crippen molar-refractivity contribution in [1.29, 1.82) is 0 Å². The number of hydrogen-bond donors (Lipinski definition) is 2. The Morgan fingerprint density at radius 2 is 1.89 bits per heavy atom. The van der Waals surface area contributed by atoms with Gasteiger partial charge in [-0.1, -0.05) is 24.3 Å². The first kappa shape index (κ1) is 13.5. The van der Waals surface area contributed by atoms with Crippen LogP contribution in [0.3, 0.4) is 0 Å². The smallest absolute Gasteiger partial charge is 0.263 e. The number of benzene rings is 1.